The standard InChI is InChI=1S/C21H30N4O3/c1-5-6-12-28-20-17(8-7-11-23-20)15-25-21(22-2)24-14-16-9-10-18(26-3)13-19(16)27-4/h7-11,13H,5-6,12,14-15H2,1-4H3,(H2,22,24,25). The zero-order valence-electron chi connectivity index (χ0n) is 17.1. The maximum absolute atomic E-state index is 5.79. The van der Waals surface area contributed by atoms with E-state index in [9.17, 15) is 0 Å². The maximum Gasteiger partial charge on any atom is 0.218 e. The van der Waals surface area contributed by atoms with E-state index in [0.29, 0.717) is 31.5 Å². The van der Waals surface area contributed by atoms with E-state index in [-0.39, 0.29) is 0 Å². The van der Waals surface area contributed by atoms with E-state index in [0.717, 1.165) is 35.5 Å². The summed E-state index contributed by atoms with van der Waals surface area (Å²) < 4.78 is 16.5. The summed E-state index contributed by atoms with van der Waals surface area (Å²) in [4.78, 5) is 8.62. The van der Waals surface area contributed by atoms with Crippen LogP contribution < -0.4 is 24.8 Å². The Morgan fingerprint density at radius 1 is 1.07 bits per heavy atom. The third-order valence-corrected chi connectivity index (χ3v) is 4.20. The van der Waals surface area contributed by atoms with Gasteiger partial charge in [0.2, 0.25) is 5.88 Å². The molecule has 0 atom stereocenters. The maximum atomic E-state index is 5.79. The molecule has 2 rings (SSSR count). The van der Waals surface area contributed by atoms with Crippen molar-refractivity contribution in [1.82, 2.24) is 15.6 Å². The van der Waals surface area contributed by atoms with Crippen LogP contribution in [0.15, 0.2) is 41.5 Å². The van der Waals surface area contributed by atoms with Crippen LogP contribution >= 0.6 is 0 Å². The number of unbranched alkanes of at least 4 members (excludes halogenated alkanes) is 1. The summed E-state index contributed by atoms with van der Waals surface area (Å²) in [5.41, 5.74) is 2.00. The van der Waals surface area contributed by atoms with Crippen molar-refractivity contribution in [2.45, 2.75) is 32.9 Å². The van der Waals surface area contributed by atoms with Crippen LogP contribution in [0, 0.1) is 0 Å². The van der Waals surface area contributed by atoms with Gasteiger partial charge in [0.25, 0.3) is 0 Å². The number of aromatic nitrogens is 1. The molecule has 1 aromatic heterocycles. The van der Waals surface area contributed by atoms with E-state index in [4.69, 9.17) is 14.2 Å². The van der Waals surface area contributed by atoms with E-state index < -0.39 is 0 Å². The number of pyridine rings is 1. The van der Waals surface area contributed by atoms with Gasteiger partial charge in [-0.25, -0.2) is 4.98 Å². The van der Waals surface area contributed by atoms with Crippen molar-refractivity contribution in [3.8, 4) is 17.4 Å². The second kappa shape index (κ2) is 11.7. The first kappa shape index (κ1) is 21.3. The average Bonchev–Trinajstić information content (AvgIpc) is 2.74. The minimum atomic E-state index is 0.564. The molecule has 0 aliphatic rings. The van der Waals surface area contributed by atoms with Gasteiger partial charge in [-0.15, -0.1) is 0 Å². The quantitative estimate of drug-likeness (QED) is 0.371. The summed E-state index contributed by atoms with van der Waals surface area (Å²) in [5, 5.41) is 6.60. The lowest BCUT2D eigenvalue weighted by atomic mass is 10.2. The number of methoxy groups -OCH3 is 2. The Bertz CT molecular complexity index is 765. The second-order valence-electron chi connectivity index (χ2n) is 6.13. The summed E-state index contributed by atoms with van der Waals surface area (Å²) in [6.07, 6.45) is 3.84. The van der Waals surface area contributed by atoms with Gasteiger partial charge in [-0.05, 0) is 24.6 Å². The topological polar surface area (TPSA) is 77.0 Å². The molecule has 1 aromatic carbocycles. The minimum Gasteiger partial charge on any atom is -0.497 e. The molecule has 0 aliphatic carbocycles. The van der Waals surface area contributed by atoms with Crippen LogP contribution in [-0.2, 0) is 13.1 Å². The molecule has 152 valence electrons. The summed E-state index contributed by atoms with van der Waals surface area (Å²) in [6.45, 7) is 3.94. The molecule has 0 aliphatic heterocycles. The van der Waals surface area contributed by atoms with Crippen molar-refractivity contribution in [1.29, 1.82) is 0 Å². The highest BCUT2D eigenvalue weighted by Gasteiger charge is 2.08. The fraction of sp³-hybridized carbons (Fsp3) is 0.429. The highest BCUT2D eigenvalue weighted by molar-refractivity contribution is 5.79. The first-order valence-corrected chi connectivity index (χ1v) is 9.43. The van der Waals surface area contributed by atoms with Crippen molar-refractivity contribution >= 4 is 5.96 Å². The van der Waals surface area contributed by atoms with E-state index in [2.05, 4.69) is 27.5 Å². The predicted octanol–water partition coefficient (Wildman–Crippen LogP) is 3.14. The SMILES string of the molecule is CCCCOc1ncccc1CNC(=NC)NCc1ccc(OC)cc1OC. The second-order valence-corrected chi connectivity index (χ2v) is 6.13. The number of rotatable bonds is 10. The van der Waals surface area contributed by atoms with Gasteiger partial charge in [0.15, 0.2) is 5.96 Å². The van der Waals surface area contributed by atoms with E-state index in [1.807, 2.05) is 30.3 Å². The molecule has 0 unspecified atom stereocenters. The molecule has 28 heavy (non-hydrogen) atoms. The van der Waals surface area contributed by atoms with Crippen molar-refractivity contribution in [3.05, 3.63) is 47.7 Å². The van der Waals surface area contributed by atoms with Gasteiger partial charge >= 0.3 is 0 Å². The predicted molar refractivity (Wildman–Crippen MR) is 111 cm³/mol. The Morgan fingerprint density at radius 3 is 2.54 bits per heavy atom. The summed E-state index contributed by atoms with van der Waals surface area (Å²) >= 11 is 0. The molecular weight excluding hydrogens is 356 g/mol. The number of nitrogens with zero attached hydrogens (tertiary/aromatic N) is 2. The molecule has 2 N–H and O–H groups in total. The summed E-state index contributed by atoms with van der Waals surface area (Å²) in [6, 6.07) is 9.65. The van der Waals surface area contributed by atoms with Crippen molar-refractivity contribution in [2.24, 2.45) is 4.99 Å². The lowest BCUT2D eigenvalue weighted by Crippen LogP contribution is -2.36. The molecule has 0 amide bonds. The lowest BCUT2D eigenvalue weighted by molar-refractivity contribution is 0.294. The van der Waals surface area contributed by atoms with Gasteiger partial charge in [0, 0.05) is 43.5 Å². The Kier molecular flexibility index (Phi) is 8.91. The lowest BCUT2D eigenvalue weighted by Gasteiger charge is -2.15. The van der Waals surface area contributed by atoms with Gasteiger partial charge in [0.1, 0.15) is 11.5 Å². The molecule has 0 radical (unpaired) electrons. The minimum absolute atomic E-state index is 0.564. The molecule has 7 heteroatoms. The molecule has 1 heterocycles. The highest BCUT2D eigenvalue weighted by atomic mass is 16.5. The molecule has 7 nitrogen and oxygen atoms in total. The first-order valence-electron chi connectivity index (χ1n) is 9.43. The number of nitrogens with one attached hydrogen (secondary N) is 2. The van der Waals surface area contributed by atoms with Gasteiger partial charge in [-0.2, -0.15) is 0 Å². The highest BCUT2D eigenvalue weighted by Crippen LogP contribution is 2.24. The molecular formula is C21H30N4O3. The van der Waals surface area contributed by atoms with Crippen LogP contribution in [0.25, 0.3) is 0 Å². The van der Waals surface area contributed by atoms with Crippen molar-refractivity contribution < 1.29 is 14.2 Å². The van der Waals surface area contributed by atoms with Gasteiger partial charge < -0.3 is 24.8 Å². The van der Waals surface area contributed by atoms with Crippen LogP contribution in [0.4, 0.5) is 0 Å². The van der Waals surface area contributed by atoms with E-state index in [1.165, 1.54) is 0 Å². The Hall–Kier alpha value is -2.96. The molecule has 0 bridgehead atoms. The zero-order valence-corrected chi connectivity index (χ0v) is 17.1. The molecule has 0 saturated carbocycles. The van der Waals surface area contributed by atoms with Crippen LogP contribution in [0.3, 0.4) is 0 Å². The zero-order chi connectivity index (χ0) is 20.2. The summed E-state index contributed by atoms with van der Waals surface area (Å²) in [5.74, 6) is 2.87. The van der Waals surface area contributed by atoms with Crippen LogP contribution in [0.2, 0.25) is 0 Å². The summed E-state index contributed by atoms with van der Waals surface area (Å²) in [7, 11) is 5.02. The monoisotopic (exact) mass is 386 g/mol. The van der Waals surface area contributed by atoms with Crippen LogP contribution in [0.5, 0.6) is 17.4 Å². The fourth-order valence-corrected chi connectivity index (χ4v) is 2.58. The van der Waals surface area contributed by atoms with Crippen LogP contribution in [-0.4, -0.2) is 38.8 Å². The largest absolute Gasteiger partial charge is 0.497 e. The van der Waals surface area contributed by atoms with Crippen molar-refractivity contribution in [2.75, 3.05) is 27.9 Å². The van der Waals surface area contributed by atoms with Gasteiger partial charge in [-0.3, -0.25) is 4.99 Å². The average molecular weight is 386 g/mol. The Labute approximate surface area is 167 Å². The molecule has 0 fully saturated rings. The number of guanidine groups is 1. The third-order valence-electron chi connectivity index (χ3n) is 4.20. The normalized spacial score (nSPS) is 11.1. The van der Waals surface area contributed by atoms with Crippen LogP contribution in [0.1, 0.15) is 30.9 Å². The Balaban J connectivity index is 1.94. The fourth-order valence-electron chi connectivity index (χ4n) is 2.58. The molecule has 0 spiro atoms. The van der Waals surface area contributed by atoms with Gasteiger partial charge in [0.05, 0.1) is 20.8 Å². The Morgan fingerprint density at radius 2 is 1.86 bits per heavy atom. The van der Waals surface area contributed by atoms with E-state index >= 15 is 0 Å². The number of hydrogen-bond acceptors (Lipinski definition) is 5. The first-order chi connectivity index (χ1) is 13.7. The molecule has 2 aromatic rings. The number of hydrogen-bond donors (Lipinski definition) is 2. The van der Waals surface area contributed by atoms with Gasteiger partial charge in [-0.1, -0.05) is 19.4 Å². The number of ether oxygens (including phenoxy) is 3. The van der Waals surface area contributed by atoms with E-state index in [1.54, 1.807) is 27.5 Å². The number of benzene rings is 1. The number of aliphatic imine (C=N–C) groups is 1. The van der Waals surface area contributed by atoms with Crippen molar-refractivity contribution in [3.63, 3.8) is 0 Å². The third kappa shape index (κ3) is 6.33. The molecule has 0 saturated heterocycles. The smallest absolute Gasteiger partial charge is 0.218 e.